The molecule has 19 heavy (non-hydrogen) atoms. The van der Waals surface area contributed by atoms with Crippen LogP contribution in [0, 0.1) is 5.82 Å². The number of hydrogen-bond donors (Lipinski definition) is 1. The van der Waals surface area contributed by atoms with Gasteiger partial charge in [-0.05, 0) is 25.2 Å². The highest BCUT2D eigenvalue weighted by Gasteiger charge is 2.11. The highest BCUT2D eigenvalue weighted by Crippen LogP contribution is 2.14. The summed E-state index contributed by atoms with van der Waals surface area (Å²) in [5, 5.41) is 2.99. The number of benzene rings is 1. The summed E-state index contributed by atoms with van der Waals surface area (Å²) < 4.78 is 18.4. The number of amides is 1. The SMILES string of the molecule is COCCN(C)CCNC(=O)c1cc(Cl)ccc1F. The van der Waals surface area contributed by atoms with Crippen molar-refractivity contribution >= 4 is 17.5 Å². The molecule has 1 aromatic carbocycles. The molecule has 0 saturated carbocycles. The monoisotopic (exact) mass is 288 g/mol. The molecule has 0 aliphatic heterocycles. The average molecular weight is 289 g/mol. The first-order valence-electron chi connectivity index (χ1n) is 5.95. The van der Waals surface area contributed by atoms with E-state index in [1.54, 1.807) is 7.11 Å². The van der Waals surface area contributed by atoms with Crippen LogP contribution in [0.4, 0.5) is 4.39 Å². The van der Waals surface area contributed by atoms with Crippen molar-refractivity contribution in [1.29, 1.82) is 0 Å². The van der Waals surface area contributed by atoms with Crippen molar-refractivity contribution < 1.29 is 13.9 Å². The molecule has 0 aliphatic rings. The van der Waals surface area contributed by atoms with Gasteiger partial charge in [0, 0.05) is 31.8 Å². The van der Waals surface area contributed by atoms with Gasteiger partial charge in [-0.15, -0.1) is 0 Å². The first-order chi connectivity index (χ1) is 9.04. The van der Waals surface area contributed by atoms with Gasteiger partial charge in [0.25, 0.3) is 5.91 Å². The van der Waals surface area contributed by atoms with Crippen LogP contribution in [0.5, 0.6) is 0 Å². The molecule has 4 nitrogen and oxygen atoms in total. The molecule has 1 amide bonds. The van der Waals surface area contributed by atoms with Gasteiger partial charge in [-0.1, -0.05) is 11.6 Å². The highest BCUT2D eigenvalue weighted by atomic mass is 35.5. The van der Waals surface area contributed by atoms with E-state index in [0.29, 0.717) is 24.7 Å². The van der Waals surface area contributed by atoms with Gasteiger partial charge in [0.2, 0.25) is 0 Å². The zero-order valence-electron chi connectivity index (χ0n) is 11.1. The second-order valence-corrected chi connectivity index (χ2v) is 4.61. The second kappa shape index (κ2) is 8.09. The van der Waals surface area contributed by atoms with Crippen LogP contribution in [0.1, 0.15) is 10.4 Å². The molecule has 0 radical (unpaired) electrons. The van der Waals surface area contributed by atoms with Gasteiger partial charge in [-0.2, -0.15) is 0 Å². The average Bonchev–Trinajstić information content (AvgIpc) is 2.39. The van der Waals surface area contributed by atoms with Crippen molar-refractivity contribution in [2.24, 2.45) is 0 Å². The van der Waals surface area contributed by atoms with E-state index in [1.807, 2.05) is 11.9 Å². The van der Waals surface area contributed by atoms with Gasteiger partial charge in [0.1, 0.15) is 5.82 Å². The summed E-state index contributed by atoms with van der Waals surface area (Å²) in [6, 6.07) is 3.91. The Bertz CT molecular complexity index is 429. The number of likely N-dealkylation sites (N-methyl/N-ethyl adjacent to an activating group) is 1. The Morgan fingerprint density at radius 2 is 2.21 bits per heavy atom. The van der Waals surface area contributed by atoms with E-state index < -0.39 is 11.7 Å². The molecule has 0 saturated heterocycles. The molecule has 1 aromatic rings. The summed E-state index contributed by atoms with van der Waals surface area (Å²) in [7, 11) is 3.56. The molecule has 0 bridgehead atoms. The smallest absolute Gasteiger partial charge is 0.254 e. The van der Waals surface area contributed by atoms with Gasteiger partial charge in [0.05, 0.1) is 12.2 Å². The molecular weight excluding hydrogens is 271 g/mol. The zero-order valence-corrected chi connectivity index (χ0v) is 11.8. The molecule has 106 valence electrons. The quantitative estimate of drug-likeness (QED) is 0.832. The lowest BCUT2D eigenvalue weighted by atomic mass is 10.2. The summed E-state index contributed by atoms with van der Waals surface area (Å²) in [6.07, 6.45) is 0. The summed E-state index contributed by atoms with van der Waals surface area (Å²) in [4.78, 5) is 13.8. The Labute approximate surface area is 117 Å². The fourth-order valence-electron chi connectivity index (χ4n) is 1.49. The fourth-order valence-corrected chi connectivity index (χ4v) is 1.66. The summed E-state index contributed by atoms with van der Waals surface area (Å²) in [5.41, 5.74) is -0.0351. The van der Waals surface area contributed by atoms with Crippen LogP contribution in [-0.2, 0) is 4.74 Å². The molecule has 0 aliphatic carbocycles. The normalized spacial score (nSPS) is 10.8. The number of nitrogens with zero attached hydrogens (tertiary/aromatic N) is 1. The molecule has 0 aromatic heterocycles. The summed E-state index contributed by atoms with van der Waals surface area (Å²) >= 11 is 5.73. The van der Waals surface area contributed by atoms with Crippen LogP contribution in [0.2, 0.25) is 5.02 Å². The third-order valence-electron chi connectivity index (χ3n) is 2.63. The van der Waals surface area contributed by atoms with E-state index in [9.17, 15) is 9.18 Å². The van der Waals surface area contributed by atoms with Crippen LogP contribution < -0.4 is 5.32 Å². The predicted octanol–water partition coefficient (Wildman–Crippen LogP) is 1.79. The van der Waals surface area contributed by atoms with Crippen molar-refractivity contribution in [1.82, 2.24) is 10.2 Å². The summed E-state index contributed by atoms with van der Waals surface area (Å²) in [5.74, 6) is -1.03. The van der Waals surface area contributed by atoms with E-state index in [2.05, 4.69) is 5.32 Å². The topological polar surface area (TPSA) is 41.6 Å². The minimum Gasteiger partial charge on any atom is -0.383 e. The van der Waals surface area contributed by atoms with E-state index in [-0.39, 0.29) is 5.56 Å². The molecule has 0 atom stereocenters. The maximum atomic E-state index is 13.4. The number of halogens is 2. The molecule has 1 N–H and O–H groups in total. The van der Waals surface area contributed by atoms with E-state index in [0.717, 1.165) is 6.54 Å². The van der Waals surface area contributed by atoms with Crippen LogP contribution in [0.15, 0.2) is 18.2 Å². The summed E-state index contributed by atoms with van der Waals surface area (Å²) in [6.45, 7) is 2.51. The standard InChI is InChI=1S/C13H18ClFN2O2/c1-17(7-8-19-2)6-5-16-13(18)11-9-10(14)3-4-12(11)15/h3-4,9H,5-8H2,1-2H3,(H,16,18). The third-order valence-corrected chi connectivity index (χ3v) is 2.86. The lowest BCUT2D eigenvalue weighted by Gasteiger charge is -2.16. The van der Waals surface area contributed by atoms with E-state index in [1.165, 1.54) is 18.2 Å². The Morgan fingerprint density at radius 3 is 2.89 bits per heavy atom. The maximum Gasteiger partial charge on any atom is 0.254 e. The number of carbonyl (C=O) groups excluding carboxylic acids is 1. The second-order valence-electron chi connectivity index (χ2n) is 4.18. The predicted molar refractivity (Wildman–Crippen MR) is 73.1 cm³/mol. The molecule has 1 rings (SSSR count). The Hall–Kier alpha value is -1.17. The zero-order chi connectivity index (χ0) is 14.3. The number of hydrogen-bond acceptors (Lipinski definition) is 3. The number of carbonyl (C=O) groups is 1. The first-order valence-corrected chi connectivity index (χ1v) is 6.33. The van der Waals surface area contributed by atoms with Crippen molar-refractivity contribution in [3.8, 4) is 0 Å². The van der Waals surface area contributed by atoms with Crippen molar-refractivity contribution in [3.63, 3.8) is 0 Å². The minimum absolute atomic E-state index is 0.0351. The third kappa shape index (κ3) is 5.55. The lowest BCUT2D eigenvalue weighted by Crippen LogP contribution is -2.34. The number of rotatable bonds is 7. The Morgan fingerprint density at radius 1 is 1.47 bits per heavy atom. The van der Waals surface area contributed by atoms with Gasteiger partial charge in [-0.3, -0.25) is 4.79 Å². The largest absolute Gasteiger partial charge is 0.383 e. The molecule has 0 heterocycles. The molecule has 0 fully saturated rings. The van der Waals surface area contributed by atoms with Crippen molar-refractivity contribution in [3.05, 3.63) is 34.6 Å². The molecule has 0 spiro atoms. The number of ether oxygens (including phenoxy) is 1. The Balaban J connectivity index is 2.41. The highest BCUT2D eigenvalue weighted by molar-refractivity contribution is 6.30. The Kier molecular flexibility index (Phi) is 6.77. The van der Waals surface area contributed by atoms with Crippen molar-refractivity contribution in [2.45, 2.75) is 0 Å². The van der Waals surface area contributed by atoms with Crippen LogP contribution in [0.3, 0.4) is 0 Å². The van der Waals surface area contributed by atoms with Gasteiger partial charge in [-0.25, -0.2) is 4.39 Å². The van der Waals surface area contributed by atoms with Crippen LogP contribution >= 0.6 is 11.6 Å². The van der Waals surface area contributed by atoms with E-state index >= 15 is 0 Å². The lowest BCUT2D eigenvalue weighted by molar-refractivity contribution is 0.0943. The van der Waals surface area contributed by atoms with E-state index in [4.69, 9.17) is 16.3 Å². The molecule has 0 unspecified atom stereocenters. The minimum atomic E-state index is -0.574. The fraction of sp³-hybridized carbons (Fsp3) is 0.462. The van der Waals surface area contributed by atoms with Crippen LogP contribution in [-0.4, -0.2) is 51.2 Å². The number of methoxy groups -OCH3 is 1. The first kappa shape index (κ1) is 15.9. The van der Waals surface area contributed by atoms with Gasteiger partial charge in [0.15, 0.2) is 0 Å². The van der Waals surface area contributed by atoms with Crippen LogP contribution in [0.25, 0.3) is 0 Å². The number of nitrogens with one attached hydrogen (secondary N) is 1. The maximum absolute atomic E-state index is 13.4. The van der Waals surface area contributed by atoms with Crippen molar-refractivity contribution in [2.75, 3.05) is 40.4 Å². The van der Waals surface area contributed by atoms with Gasteiger partial charge < -0.3 is 15.0 Å². The molecular formula is C13H18ClFN2O2. The van der Waals surface area contributed by atoms with Gasteiger partial charge >= 0.3 is 0 Å². The molecule has 6 heteroatoms.